The summed E-state index contributed by atoms with van der Waals surface area (Å²) < 4.78 is 10.2. The molecule has 1 aromatic heterocycles. The molecule has 2 heterocycles. The minimum absolute atomic E-state index is 0.0683. The van der Waals surface area contributed by atoms with Gasteiger partial charge in [0.2, 0.25) is 0 Å². The van der Waals surface area contributed by atoms with Crippen LogP contribution in [0.3, 0.4) is 0 Å². The van der Waals surface area contributed by atoms with Gasteiger partial charge < -0.3 is 19.5 Å². The maximum absolute atomic E-state index is 12.8. The number of rotatable bonds is 7. The second kappa shape index (κ2) is 8.67. The summed E-state index contributed by atoms with van der Waals surface area (Å²) in [5.41, 5.74) is 1.22. The van der Waals surface area contributed by atoms with Gasteiger partial charge in [-0.25, -0.2) is 0 Å². The fourth-order valence-electron chi connectivity index (χ4n) is 3.29. The molecule has 3 rings (SSSR count). The molecule has 146 valence electrons. The molecule has 1 fully saturated rings. The molecule has 2 aromatic rings. The fraction of sp³-hybridized carbons (Fsp3) is 0.286. The van der Waals surface area contributed by atoms with Gasteiger partial charge in [-0.15, -0.1) is 0 Å². The number of nitrogens with zero attached hydrogens (tertiary/aromatic N) is 2. The van der Waals surface area contributed by atoms with Crippen LogP contribution in [-0.4, -0.2) is 54.1 Å². The van der Waals surface area contributed by atoms with Gasteiger partial charge in [0.1, 0.15) is 11.5 Å². The van der Waals surface area contributed by atoms with Gasteiger partial charge in [0.25, 0.3) is 11.7 Å². The van der Waals surface area contributed by atoms with Crippen LogP contribution in [0.1, 0.15) is 23.6 Å². The third-order valence-electron chi connectivity index (χ3n) is 4.67. The number of aliphatic hydroxyl groups excluding tert-OH is 1. The molecular weight excluding hydrogens is 360 g/mol. The summed E-state index contributed by atoms with van der Waals surface area (Å²) in [6.07, 6.45) is 3.77. The number of ketones is 1. The molecule has 7 nitrogen and oxygen atoms in total. The largest absolute Gasteiger partial charge is 0.507 e. The van der Waals surface area contributed by atoms with E-state index in [0.717, 1.165) is 0 Å². The number of methoxy groups -OCH3 is 2. The highest BCUT2D eigenvalue weighted by Crippen LogP contribution is 2.39. The Morgan fingerprint density at radius 2 is 1.79 bits per heavy atom. The highest BCUT2D eigenvalue weighted by atomic mass is 16.5. The number of pyridine rings is 1. The molecule has 1 aromatic carbocycles. The molecule has 1 unspecified atom stereocenters. The molecule has 1 saturated heterocycles. The Morgan fingerprint density at radius 1 is 1.11 bits per heavy atom. The number of aromatic nitrogens is 1. The van der Waals surface area contributed by atoms with Crippen LogP contribution < -0.4 is 4.74 Å². The summed E-state index contributed by atoms with van der Waals surface area (Å²) in [7, 11) is 3.13. The monoisotopic (exact) mass is 382 g/mol. The van der Waals surface area contributed by atoms with Crippen LogP contribution in [0.2, 0.25) is 0 Å². The number of benzene rings is 1. The van der Waals surface area contributed by atoms with E-state index in [4.69, 9.17) is 9.47 Å². The van der Waals surface area contributed by atoms with Crippen molar-refractivity contribution in [2.45, 2.75) is 12.5 Å². The van der Waals surface area contributed by atoms with Gasteiger partial charge >= 0.3 is 0 Å². The number of likely N-dealkylation sites (tertiary alicyclic amines) is 1. The second-order valence-electron chi connectivity index (χ2n) is 6.35. The van der Waals surface area contributed by atoms with E-state index in [-0.39, 0.29) is 11.3 Å². The molecule has 1 N–H and O–H groups in total. The number of amides is 1. The number of hydrogen-bond donors (Lipinski definition) is 1. The number of carbonyl (C=O) groups is 2. The molecule has 0 aliphatic carbocycles. The lowest BCUT2D eigenvalue weighted by atomic mass is 9.96. The van der Waals surface area contributed by atoms with E-state index in [2.05, 4.69) is 4.98 Å². The molecule has 1 aliphatic heterocycles. The van der Waals surface area contributed by atoms with Crippen LogP contribution in [0, 0.1) is 0 Å². The molecule has 1 amide bonds. The summed E-state index contributed by atoms with van der Waals surface area (Å²) in [6.45, 7) is 0.801. The van der Waals surface area contributed by atoms with Gasteiger partial charge in [0, 0.05) is 38.2 Å². The molecule has 0 saturated carbocycles. The number of ether oxygens (including phenoxy) is 2. The van der Waals surface area contributed by atoms with Crippen molar-refractivity contribution >= 4 is 17.4 Å². The highest BCUT2D eigenvalue weighted by molar-refractivity contribution is 6.46. The molecular formula is C21H22N2O5. The van der Waals surface area contributed by atoms with Crippen LogP contribution in [-0.2, 0) is 14.3 Å². The standard InChI is InChI=1S/C21H22N2O5/c1-27-13-3-12-23-18(14-8-10-22-11-9-14)17(20(25)21(23)26)19(24)15-4-6-16(28-2)7-5-15/h4-11,18,24H,3,12-13H2,1-2H3/b19-17-. The van der Waals surface area contributed by atoms with Crippen molar-refractivity contribution < 1.29 is 24.2 Å². The Morgan fingerprint density at radius 3 is 2.39 bits per heavy atom. The summed E-state index contributed by atoms with van der Waals surface area (Å²) in [5.74, 6) is -0.917. The van der Waals surface area contributed by atoms with Crippen LogP contribution in [0.15, 0.2) is 54.4 Å². The zero-order valence-electron chi connectivity index (χ0n) is 15.8. The maximum Gasteiger partial charge on any atom is 0.295 e. The van der Waals surface area contributed by atoms with Crippen molar-refractivity contribution in [1.29, 1.82) is 0 Å². The van der Waals surface area contributed by atoms with Crippen LogP contribution in [0.5, 0.6) is 5.75 Å². The molecule has 0 radical (unpaired) electrons. The smallest absolute Gasteiger partial charge is 0.295 e. The molecule has 1 aliphatic rings. The normalized spacial score (nSPS) is 18.5. The van der Waals surface area contributed by atoms with Crippen LogP contribution in [0.25, 0.3) is 5.76 Å². The SMILES string of the molecule is COCCCN1C(=O)C(=O)/C(=C(\O)c2ccc(OC)cc2)C1c1ccncc1. The Kier molecular flexibility index (Phi) is 6.06. The van der Waals surface area contributed by atoms with Crippen LogP contribution in [0.4, 0.5) is 0 Å². The van der Waals surface area contributed by atoms with Gasteiger partial charge in [-0.3, -0.25) is 14.6 Å². The van der Waals surface area contributed by atoms with Crippen molar-refractivity contribution in [1.82, 2.24) is 9.88 Å². The van der Waals surface area contributed by atoms with Gasteiger partial charge in [-0.1, -0.05) is 0 Å². The van der Waals surface area contributed by atoms with Crippen molar-refractivity contribution in [3.63, 3.8) is 0 Å². The first-order valence-electron chi connectivity index (χ1n) is 8.90. The number of aliphatic hydroxyl groups is 1. The van der Waals surface area contributed by atoms with E-state index in [1.807, 2.05) is 0 Å². The minimum atomic E-state index is -0.701. The minimum Gasteiger partial charge on any atom is -0.507 e. The summed E-state index contributed by atoms with van der Waals surface area (Å²) in [6, 6.07) is 9.46. The first-order valence-corrected chi connectivity index (χ1v) is 8.90. The van der Waals surface area contributed by atoms with E-state index in [1.54, 1.807) is 63.0 Å². The Balaban J connectivity index is 2.07. The maximum atomic E-state index is 12.8. The topological polar surface area (TPSA) is 89.0 Å². The van der Waals surface area contributed by atoms with E-state index < -0.39 is 17.7 Å². The second-order valence-corrected chi connectivity index (χ2v) is 6.35. The Hall–Kier alpha value is -3.19. The molecule has 1 atom stereocenters. The van der Waals surface area contributed by atoms with E-state index in [0.29, 0.717) is 36.4 Å². The third-order valence-corrected chi connectivity index (χ3v) is 4.67. The molecule has 0 bridgehead atoms. The zero-order chi connectivity index (χ0) is 20.1. The van der Waals surface area contributed by atoms with Crippen molar-refractivity contribution in [2.24, 2.45) is 0 Å². The lowest BCUT2D eigenvalue weighted by Crippen LogP contribution is -2.31. The van der Waals surface area contributed by atoms with Gasteiger partial charge in [-0.2, -0.15) is 0 Å². The lowest BCUT2D eigenvalue weighted by molar-refractivity contribution is -0.140. The van der Waals surface area contributed by atoms with Gasteiger partial charge in [0.15, 0.2) is 0 Å². The predicted octanol–water partition coefficient (Wildman–Crippen LogP) is 2.55. The molecule has 0 spiro atoms. The van der Waals surface area contributed by atoms with E-state index in [9.17, 15) is 14.7 Å². The predicted molar refractivity (Wildman–Crippen MR) is 103 cm³/mol. The highest BCUT2D eigenvalue weighted by Gasteiger charge is 2.45. The molecule has 28 heavy (non-hydrogen) atoms. The Labute approximate surface area is 163 Å². The number of carbonyl (C=O) groups excluding carboxylic acids is 2. The van der Waals surface area contributed by atoms with E-state index >= 15 is 0 Å². The van der Waals surface area contributed by atoms with Crippen molar-refractivity contribution in [3.05, 3.63) is 65.5 Å². The van der Waals surface area contributed by atoms with Crippen molar-refractivity contribution in [3.8, 4) is 5.75 Å². The van der Waals surface area contributed by atoms with Crippen molar-refractivity contribution in [2.75, 3.05) is 27.4 Å². The number of Topliss-reactive ketones (excluding diaryl/α,β-unsaturated/α-hetero) is 1. The zero-order valence-corrected chi connectivity index (χ0v) is 15.8. The third kappa shape index (κ3) is 3.75. The Bertz CT molecular complexity index is 877. The fourth-order valence-corrected chi connectivity index (χ4v) is 3.29. The van der Waals surface area contributed by atoms with Gasteiger partial charge in [0.05, 0.1) is 18.7 Å². The first kappa shape index (κ1) is 19.6. The first-order chi connectivity index (χ1) is 13.6. The summed E-state index contributed by atoms with van der Waals surface area (Å²) in [4.78, 5) is 31.0. The van der Waals surface area contributed by atoms with E-state index in [1.165, 1.54) is 4.90 Å². The summed E-state index contributed by atoms with van der Waals surface area (Å²) >= 11 is 0. The average molecular weight is 382 g/mol. The number of hydrogen-bond acceptors (Lipinski definition) is 6. The lowest BCUT2D eigenvalue weighted by Gasteiger charge is -2.25. The van der Waals surface area contributed by atoms with Crippen LogP contribution >= 0.6 is 0 Å². The van der Waals surface area contributed by atoms with Gasteiger partial charge in [-0.05, 0) is 48.4 Å². The molecule has 7 heteroatoms. The quantitative estimate of drug-likeness (QED) is 0.343. The summed E-state index contributed by atoms with van der Waals surface area (Å²) in [5, 5.41) is 10.9. The average Bonchev–Trinajstić information content (AvgIpc) is 2.99.